The second kappa shape index (κ2) is 4.16. The molecular formula is C10H15N3O2. The molecule has 15 heavy (non-hydrogen) atoms. The van der Waals surface area contributed by atoms with E-state index in [4.69, 9.17) is 5.73 Å². The maximum atomic E-state index is 11.0. The number of primary amides is 1. The molecule has 2 amide bonds. The molecule has 0 aromatic carbocycles. The summed E-state index contributed by atoms with van der Waals surface area (Å²) in [5.74, 6) is -1.71. The molecule has 4 N–H and O–H groups in total. The summed E-state index contributed by atoms with van der Waals surface area (Å²) in [6.07, 6.45) is 3.67. The molecule has 0 atom stereocenters. The molecule has 0 aliphatic rings. The smallest absolute Gasteiger partial charge is 0.309 e. The highest BCUT2D eigenvalue weighted by Crippen LogP contribution is 2.21. The van der Waals surface area contributed by atoms with Gasteiger partial charge in [0.05, 0.1) is 0 Å². The van der Waals surface area contributed by atoms with E-state index >= 15 is 0 Å². The van der Waals surface area contributed by atoms with E-state index < -0.39 is 11.8 Å². The minimum atomic E-state index is -0.958. The number of hydrogen-bond acceptors (Lipinski definition) is 2. The van der Waals surface area contributed by atoms with Crippen LogP contribution in [0.15, 0.2) is 18.5 Å². The Morgan fingerprint density at radius 3 is 2.67 bits per heavy atom. The van der Waals surface area contributed by atoms with Crippen LogP contribution in [-0.2, 0) is 15.0 Å². The number of hydrogen-bond donors (Lipinski definition) is 3. The molecule has 1 heterocycles. The Hall–Kier alpha value is -1.78. The molecule has 5 heteroatoms. The maximum absolute atomic E-state index is 11.0. The highest BCUT2D eigenvalue weighted by molar-refractivity contribution is 6.34. The van der Waals surface area contributed by atoms with Crippen molar-refractivity contribution in [2.45, 2.75) is 19.3 Å². The van der Waals surface area contributed by atoms with Gasteiger partial charge in [-0.15, -0.1) is 0 Å². The van der Waals surface area contributed by atoms with Crippen LogP contribution in [0.1, 0.15) is 19.4 Å². The van der Waals surface area contributed by atoms with Crippen LogP contribution in [0, 0.1) is 0 Å². The van der Waals surface area contributed by atoms with Crippen molar-refractivity contribution in [2.24, 2.45) is 5.73 Å². The van der Waals surface area contributed by atoms with E-state index in [9.17, 15) is 9.59 Å². The summed E-state index contributed by atoms with van der Waals surface area (Å²) in [7, 11) is 0. The first-order valence-electron chi connectivity index (χ1n) is 4.64. The number of nitrogens with two attached hydrogens (primary N) is 1. The molecule has 0 saturated carbocycles. The summed E-state index contributed by atoms with van der Waals surface area (Å²) in [5.41, 5.74) is 5.66. The molecule has 1 aromatic rings. The lowest BCUT2D eigenvalue weighted by Crippen LogP contribution is -2.42. The number of nitrogens with one attached hydrogen (secondary N) is 2. The van der Waals surface area contributed by atoms with Gasteiger partial charge in [0.15, 0.2) is 0 Å². The molecule has 0 aliphatic carbocycles. The van der Waals surface area contributed by atoms with E-state index in [-0.39, 0.29) is 5.41 Å². The highest BCUT2D eigenvalue weighted by atomic mass is 16.2. The molecule has 0 radical (unpaired) electrons. The zero-order chi connectivity index (χ0) is 11.5. The van der Waals surface area contributed by atoms with Crippen LogP contribution in [0.4, 0.5) is 0 Å². The lowest BCUT2D eigenvalue weighted by Gasteiger charge is -2.23. The fraction of sp³-hybridized carbons (Fsp3) is 0.400. The van der Waals surface area contributed by atoms with Crippen molar-refractivity contribution in [3.63, 3.8) is 0 Å². The van der Waals surface area contributed by atoms with E-state index in [0.29, 0.717) is 6.54 Å². The fourth-order valence-electron chi connectivity index (χ4n) is 1.24. The van der Waals surface area contributed by atoms with Gasteiger partial charge in [0, 0.05) is 24.4 Å². The predicted octanol–water partition coefficient (Wildman–Crippen LogP) is -0.106. The quantitative estimate of drug-likeness (QED) is 0.607. The standard InChI is InChI=1S/C10H15N3O2/c1-10(2,7-3-4-12-5-7)6-13-9(15)8(11)14/h3-5,12H,6H2,1-2H3,(H2,11,14)(H,13,15). The first-order valence-corrected chi connectivity index (χ1v) is 4.64. The van der Waals surface area contributed by atoms with E-state index in [1.807, 2.05) is 32.3 Å². The Bertz CT molecular complexity index is 355. The van der Waals surface area contributed by atoms with Crippen LogP contribution in [0.3, 0.4) is 0 Å². The van der Waals surface area contributed by atoms with Crippen LogP contribution >= 0.6 is 0 Å². The van der Waals surface area contributed by atoms with Gasteiger partial charge in [-0.1, -0.05) is 13.8 Å². The predicted molar refractivity (Wildman–Crippen MR) is 56.0 cm³/mol. The van der Waals surface area contributed by atoms with Crippen molar-refractivity contribution in [2.75, 3.05) is 6.54 Å². The number of carbonyl (C=O) groups is 2. The van der Waals surface area contributed by atoms with E-state index in [1.54, 1.807) is 0 Å². The molecule has 0 unspecified atom stereocenters. The fourth-order valence-corrected chi connectivity index (χ4v) is 1.24. The van der Waals surface area contributed by atoms with Crippen molar-refractivity contribution in [1.82, 2.24) is 10.3 Å². The van der Waals surface area contributed by atoms with Crippen LogP contribution in [0.25, 0.3) is 0 Å². The summed E-state index contributed by atoms with van der Waals surface area (Å²) >= 11 is 0. The average Bonchev–Trinajstić information content (AvgIpc) is 2.67. The molecule has 0 aliphatic heterocycles. The molecular weight excluding hydrogens is 194 g/mol. The van der Waals surface area contributed by atoms with Crippen molar-refractivity contribution >= 4 is 11.8 Å². The number of aromatic nitrogens is 1. The Morgan fingerprint density at radius 2 is 2.20 bits per heavy atom. The maximum Gasteiger partial charge on any atom is 0.309 e. The summed E-state index contributed by atoms with van der Waals surface area (Å²) in [5, 5.41) is 2.48. The first kappa shape index (κ1) is 11.3. The lowest BCUT2D eigenvalue weighted by atomic mass is 9.86. The highest BCUT2D eigenvalue weighted by Gasteiger charge is 2.22. The molecule has 0 fully saturated rings. The van der Waals surface area contributed by atoms with Gasteiger partial charge < -0.3 is 16.0 Å². The lowest BCUT2D eigenvalue weighted by molar-refractivity contribution is -0.137. The van der Waals surface area contributed by atoms with Gasteiger partial charge in [-0.3, -0.25) is 9.59 Å². The normalized spacial score (nSPS) is 11.1. The van der Waals surface area contributed by atoms with Crippen LogP contribution in [0.2, 0.25) is 0 Å². The van der Waals surface area contributed by atoms with Crippen molar-refractivity contribution in [3.8, 4) is 0 Å². The molecule has 82 valence electrons. The molecule has 1 aromatic heterocycles. The van der Waals surface area contributed by atoms with Crippen LogP contribution in [0.5, 0.6) is 0 Å². The van der Waals surface area contributed by atoms with E-state index in [0.717, 1.165) is 5.56 Å². The third-order valence-electron chi connectivity index (χ3n) is 2.29. The summed E-state index contributed by atoms with van der Waals surface area (Å²) in [6.45, 7) is 4.31. The zero-order valence-electron chi connectivity index (χ0n) is 8.83. The Kier molecular flexibility index (Phi) is 3.14. The van der Waals surface area contributed by atoms with Crippen molar-refractivity contribution in [3.05, 3.63) is 24.0 Å². The third-order valence-corrected chi connectivity index (χ3v) is 2.29. The number of rotatable bonds is 3. The molecule has 1 rings (SSSR count). The number of amides is 2. The minimum absolute atomic E-state index is 0.231. The third kappa shape index (κ3) is 2.83. The van der Waals surface area contributed by atoms with E-state index in [2.05, 4.69) is 10.3 Å². The largest absolute Gasteiger partial charge is 0.367 e. The number of carbonyl (C=O) groups excluding carboxylic acids is 2. The molecule has 5 nitrogen and oxygen atoms in total. The van der Waals surface area contributed by atoms with E-state index in [1.165, 1.54) is 0 Å². The number of H-pyrrole nitrogens is 1. The Balaban J connectivity index is 2.58. The van der Waals surface area contributed by atoms with Gasteiger partial charge in [-0.25, -0.2) is 0 Å². The summed E-state index contributed by atoms with van der Waals surface area (Å²) < 4.78 is 0. The average molecular weight is 209 g/mol. The second-order valence-electron chi connectivity index (χ2n) is 4.03. The minimum Gasteiger partial charge on any atom is -0.367 e. The second-order valence-corrected chi connectivity index (χ2v) is 4.03. The first-order chi connectivity index (χ1) is 6.93. The summed E-state index contributed by atoms with van der Waals surface area (Å²) in [4.78, 5) is 24.4. The number of aromatic amines is 1. The molecule has 0 spiro atoms. The zero-order valence-corrected chi connectivity index (χ0v) is 8.83. The van der Waals surface area contributed by atoms with Gasteiger partial charge in [0.2, 0.25) is 0 Å². The van der Waals surface area contributed by atoms with Gasteiger partial charge in [-0.2, -0.15) is 0 Å². The topological polar surface area (TPSA) is 88.0 Å². The van der Waals surface area contributed by atoms with Crippen molar-refractivity contribution in [1.29, 1.82) is 0 Å². The van der Waals surface area contributed by atoms with Crippen LogP contribution < -0.4 is 11.1 Å². The SMILES string of the molecule is CC(C)(CNC(=O)C(N)=O)c1cc[nH]c1. The van der Waals surface area contributed by atoms with Crippen molar-refractivity contribution < 1.29 is 9.59 Å². The molecule has 0 bridgehead atoms. The monoisotopic (exact) mass is 209 g/mol. The Labute approximate surface area is 88.0 Å². The Morgan fingerprint density at radius 1 is 1.53 bits per heavy atom. The van der Waals surface area contributed by atoms with Gasteiger partial charge in [0.25, 0.3) is 0 Å². The van der Waals surface area contributed by atoms with Gasteiger partial charge in [0.1, 0.15) is 0 Å². The van der Waals surface area contributed by atoms with Gasteiger partial charge >= 0.3 is 11.8 Å². The van der Waals surface area contributed by atoms with Gasteiger partial charge in [-0.05, 0) is 11.6 Å². The molecule has 0 saturated heterocycles. The van der Waals surface area contributed by atoms with Crippen LogP contribution in [-0.4, -0.2) is 23.3 Å². The summed E-state index contributed by atoms with van der Waals surface area (Å²) in [6, 6.07) is 1.93.